The summed E-state index contributed by atoms with van der Waals surface area (Å²) in [6, 6.07) is 14.9. The van der Waals surface area contributed by atoms with Crippen LogP contribution in [-0.2, 0) is 23.0 Å². The Morgan fingerprint density at radius 2 is 2.03 bits per heavy atom. The van der Waals surface area contributed by atoms with Gasteiger partial charge in [0, 0.05) is 31.8 Å². The Morgan fingerprint density at radius 3 is 2.76 bits per heavy atom. The van der Waals surface area contributed by atoms with Gasteiger partial charge in [0.15, 0.2) is 5.58 Å². The molecule has 0 spiro atoms. The van der Waals surface area contributed by atoms with Crippen molar-refractivity contribution in [2.45, 2.75) is 23.8 Å². The average Bonchev–Trinajstić information content (AvgIpc) is 2.99. The number of aryl methyl sites for hydroxylation is 1. The lowest BCUT2D eigenvalue weighted by Crippen LogP contribution is -2.46. The predicted molar refractivity (Wildman–Crippen MR) is 128 cm³/mol. The van der Waals surface area contributed by atoms with Gasteiger partial charge in [-0.1, -0.05) is 30.3 Å². The summed E-state index contributed by atoms with van der Waals surface area (Å²) >= 11 is 1.70. The highest BCUT2D eigenvalue weighted by atomic mass is 32.2. The number of nitrogens with one attached hydrogen (secondary N) is 2. The molecule has 1 aliphatic rings. The number of nitrogens with zero attached hydrogens (tertiary/aromatic N) is 2. The number of hydrogen-bond donors (Lipinski definition) is 2. The number of rotatable bonds is 6. The van der Waals surface area contributed by atoms with Crippen LogP contribution < -0.4 is 16.4 Å². The third-order valence-corrected chi connectivity index (χ3v) is 6.77. The van der Waals surface area contributed by atoms with Crippen molar-refractivity contribution in [2.75, 3.05) is 26.0 Å². The highest BCUT2D eigenvalue weighted by molar-refractivity contribution is 7.99. The number of hydrogen-bond acceptors (Lipinski definition) is 7. The molecule has 2 heterocycles. The Bertz CT molecular complexity index is 1230. The lowest BCUT2D eigenvalue weighted by atomic mass is 10.0. The molecule has 3 aromatic rings. The molecule has 0 saturated carbocycles. The van der Waals surface area contributed by atoms with E-state index in [0.29, 0.717) is 30.4 Å². The minimum Gasteiger partial charge on any atom is -0.408 e. The zero-order chi connectivity index (χ0) is 23.4. The SMILES string of the molecule is CSC1CNC[C@@H](C(=O)N[C@H](C#N)Cc2ccc(-c3ccc4oc(=O)n(C)c4c3)cc2)OC1. The molecular weight excluding hydrogens is 440 g/mol. The molecule has 0 aliphatic carbocycles. The number of thioether (sulfide) groups is 1. The van der Waals surface area contributed by atoms with Crippen LogP contribution in [0, 0.1) is 11.3 Å². The van der Waals surface area contributed by atoms with Gasteiger partial charge in [-0.05, 0) is 35.1 Å². The summed E-state index contributed by atoms with van der Waals surface area (Å²) in [7, 11) is 1.68. The third kappa shape index (κ3) is 5.30. The van der Waals surface area contributed by atoms with Gasteiger partial charge in [0.25, 0.3) is 5.91 Å². The second kappa shape index (κ2) is 10.3. The van der Waals surface area contributed by atoms with Crippen LogP contribution in [0.2, 0.25) is 0 Å². The van der Waals surface area contributed by atoms with Gasteiger partial charge in [-0.25, -0.2) is 4.79 Å². The molecule has 33 heavy (non-hydrogen) atoms. The Kier molecular flexibility index (Phi) is 7.18. The van der Waals surface area contributed by atoms with Crippen LogP contribution in [0.4, 0.5) is 0 Å². The van der Waals surface area contributed by atoms with Gasteiger partial charge in [0.1, 0.15) is 12.1 Å². The summed E-state index contributed by atoms with van der Waals surface area (Å²) in [4.78, 5) is 24.3. The maximum Gasteiger partial charge on any atom is 0.419 e. The largest absolute Gasteiger partial charge is 0.419 e. The Morgan fingerprint density at radius 1 is 1.27 bits per heavy atom. The van der Waals surface area contributed by atoms with Crippen LogP contribution in [0.25, 0.3) is 22.2 Å². The van der Waals surface area contributed by atoms with Crippen molar-refractivity contribution in [3.8, 4) is 17.2 Å². The number of benzene rings is 2. The number of nitriles is 1. The topological polar surface area (TPSA) is 109 Å². The Hall–Kier alpha value is -3.06. The third-order valence-electron chi connectivity index (χ3n) is 5.80. The molecular formula is C24H26N4O4S. The molecule has 1 unspecified atom stereocenters. The molecule has 4 rings (SSSR count). The maximum absolute atomic E-state index is 12.6. The number of fused-ring (bicyclic) bond motifs is 1. The minimum absolute atomic E-state index is 0.272. The molecule has 0 radical (unpaired) electrons. The number of carbonyl (C=O) groups excluding carboxylic acids is 1. The Labute approximate surface area is 195 Å². The van der Waals surface area contributed by atoms with Crippen LogP contribution in [0.5, 0.6) is 0 Å². The fourth-order valence-electron chi connectivity index (χ4n) is 3.81. The van der Waals surface area contributed by atoms with E-state index in [2.05, 4.69) is 16.7 Å². The second-order valence-electron chi connectivity index (χ2n) is 8.04. The number of ether oxygens (including phenoxy) is 1. The molecule has 2 aromatic carbocycles. The van der Waals surface area contributed by atoms with Crippen molar-refractivity contribution in [3.63, 3.8) is 0 Å². The predicted octanol–water partition coefficient (Wildman–Crippen LogP) is 2.07. The summed E-state index contributed by atoms with van der Waals surface area (Å²) in [5.74, 6) is -0.664. The van der Waals surface area contributed by atoms with Crippen molar-refractivity contribution in [3.05, 3.63) is 58.6 Å². The van der Waals surface area contributed by atoms with Crippen molar-refractivity contribution in [1.82, 2.24) is 15.2 Å². The van der Waals surface area contributed by atoms with Crippen LogP contribution in [0.15, 0.2) is 51.7 Å². The molecule has 3 atom stereocenters. The van der Waals surface area contributed by atoms with E-state index in [9.17, 15) is 14.9 Å². The molecule has 9 heteroatoms. The van der Waals surface area contributed by atoms with Gasteiger partial charge < -0.3 is 19.8 Å². The molecule has 1 amide bonds. The maximum atomic E-state index is 12.6. The molecule has 1 fully saturated rings. The molecule has 0 bridgehead atoms. The highest BCUT2D eigenvalue weighted by Gasteiger charge is 2.26. The zero-order valence-corrected chi connectivity index (χ0v) is 19.4. The smallest absolute Gasteiger partial charge is 0.408 e. The first-order chi connectivity index (χ1) is 16.0. The van der Waals surface area contributed by atoms with Crippen LogP contribution in [0.1, 0.15) is 5.56 Å². The van der Waals surface area contributed by atoms with Gasteiger partial charge in [0.05, 0.1) is 18.2 Å². The molecule has 1 aromatic heterocycles. The van der Waals surface area contributed by atoms with Gasteiger partial charge in [-0.3, -0.25) is 9.36 Å². The number of aromatic nitrogens is 1. The lowest BCUT2D eigenvalue weighted by Gasteiger charge is -2.18. The van der Waals surface area contributed by atoms with E-state index in [1.54, 1.807) is 24.9 Å². The zero-order valence-electron chi connectivity index (χ0n) is 18.5. The quantitative estimate of drug-likeness (QED) is 0.572. The summed E-state index contributed by atoms with van der Waals surface area (Å²) < 4.78 is 12.4. The first-order valence-electron chi connectivity index (χ1n) is 10.7. The van der Waals surface area contributed by atoms with Gasteiger partial charge >= 0.3 is 5.76 Å². The first kappa shape index (κ1) is 23.1. The number of carbonyl (C=O) groups is 1. The summed E-state index contributed by atoms with van der Waals surface area (Å²) in [6.07, 6.45) is 1.81. The van der Waals surface area contributed by atoms with Gasteiger partial charge in [0.2, 0.25) is 0 Å². The first-order valence-corrected chi connectivity index (χ1v) is 12.0. The lowest BCUT2D eigenvalue weighted by molar-refractivity contribution is -0.132. The summed E-state index contributed by atoms with van der Waals surface area (Å²) in [6.45, 7) is 1.73. The van der Waals surface area contributed by atoms with E-state index in [0.717, 1.165) is 28.8 Å². The van der Waals surface area contributed by atoms with Crippen molar-refractivity contribution in [1.29, 1.82) is 5.26 Å². The Balaban J connectivity index is 1.40. The van der Waals surface area contributed by atoms with Gasteiger partial charge in [-0.2, -0.15) is 17.0 Å². The number of amides is 1. The van der Waals surface area contributed by atoms with Crippen LogP contribution in [0.3, 0.4) is 0 Å². The van der Waals surface area contributed by atoms with Crippen LogP contribution in [-0.4, -0.2) is 53.8 Å². The summed E-state index contributed by atoms with van der Waals surface area (Å²) in [5, 5.41) is 15.9. The summed E-state index contributed by atoms with van der Waals surface area (Å²) in [5.41, 5.74) is 4.15. The van der Waals surface area contributed by atoms with Crippen molar-refractivity contribution >= 4 is 28.8 Å². The van der Waals surface area contributed by atoms with E-state index >= 15 is 0 Å². The minimum atomic E-state index is -0.650. The molecule has 1 saturated heterocycles. The normalized spacial score (nSPS) is 19.5. The molecule has 1 aliphatic heterocycles. The molecule has 2 N–H and O–H groups in total. The van der Waals surface area contributed by atoms with Gasteiger partial charge in [-0.15, -0.1) is 0 Å². The van der Waals surface area contributed by atoms with Crippen LogP contribution >= 0.6 is 11.8 Å². The van der Waals surface area contributed by atoms with Crippen molar-refractivity contribution in [2.24, 2.45) is 7.05 Å². The van der Waals surface area contributed by atoms with E-state index in [-0.39, 0.29) is 5.91 Å². The fraction of sp³-hybridized carbons (Fsp3) is 0.375. The van der Waals surface area contributed by atoms with E-state index in [1.165, 1.54) is 4.57 Å². The van der Waals surface area contributed by atoms with Crippen molar-refractivity contribution < 1.29 is 13.9 Å². The van der Waals surface area contributed by atoms with E-state index in [4.69, 9.17) is 9.15 Å². The molecule has 8 nitrogen and oxygen atoms in total. The number of oxazole rings is 1. The standard InChI is InChI=1S/C24H26N4O4S/c1-28-20-10-17(7-8-21(20)32-24(28)30)16-5-3-15(4-6-16)9-18(11-25)27-23(29)22-13-26-12-19(33-2)14-31-22/h3-8,10,18-19,22,26H,9,12-14H2,1-2H3,(H,27,29)/t18-,19?,22-/m0/s1. The average molecular weight is 467 g/mol. The monoisotopic (exact) mass is 466 g/mol. The fourth-order valence-corrected chi connectivity index (χ4v) is 4.30. The molecule has 172 valence electrons. The van der Waals surface area contributed by atoms with E-state index in [1.807, 2.05) is 42.7 Å². The second-order valence-corrected chi connectivity index (χ2v) is 9.18. The van der Waals surface area contributed by atoms with E-state index < -0.39 is 17.9 Å². The highest BCUT2D eigenvalue weighted by Crippen LogP contribution is 2.24.